The normalized spacial score (nSPS) is 12.0. The van der Waals surface area contributed by atoms with E-state index in [0.717, 1.165) is 0 Å². The average Bonchev–Trinajstić information content (AvgIpc) is 2.21. The monoisotopic (exact) mass is 245 g/mol. The highest BCUT2D eigenvalue weighted by Crippen LogP contribution is 2.17. The molecule has 0 unspecified atom stereocenters. The molecule has 0 amide bonds. The van der Waals surface area contributed by atoms with Crippen LogP contribution in [0.25, 0.3) is 0 Å². The van der Waals surface area contributed by atoms with E-state index in [-0.39, 0.29) is 5.96 Å². The summed E-state index contributed by atoms with van der Waals surface area (Å²) in [6.45, 7) is 0. The molecule has 1 aromatic carbocycles. The van der Waals surface area contributed by atoms with Crippen molar-refractivity contribution in [3.63, 3.8) is 0 Å². The molecule has 5 nitrogen and oxygen atoms in total. The summed E-state index contributed by atoms with van der Waals surface area (Å²) >= 11 is 11.0. The lowest BCUT2D eigenvalue weighted by molar-refractivity contribution is 1.02. The second kappa shape index (κ2) is 5.43. The molecular formula is C8H9Cl2N5. The van der Waals surface area contributed by atoms with E-state index in [1.807, 2.05) is 0 Å². The second-order valence-electron chi connectivity index (χ2n) is 2.62. The van der Waals surface area contributed by atoms with Crippen LogP contribution < -0.4 is 16.9 Å². The summed E-state index contributed by atoms with van der Waals surface area (Å²) in [6.07, 6.45) is 1.48. The molecule has 1 aromatic rings. The Kier molecular flexibility index (Phi) is 4.20. The number of hydrogen-bond acceptors (Lipinski definition) is 3. The highest BCUT2D eigenvalue weighted by molar-refractivity contribution is 6.33. The fraction of sp³-hybridized carbons (Fsp3) is 0. The van der Waals surface area contributed by atoms with E-state index < -0.39 is 0 Å². The Hall–Kier alpha value is -1.46. The largest absolute Gasteiger partial charge is 0.399 e. The third-order valence-electron chi connectivity index (χ3n) is 1.50. The zero-order valence-electron chi connectivity index (χ0n) is 7.61. The number of hydrazone groups is 1. The number of rotatable bonds is 2. The van der Waals surface area contributed by atoms with Crippen molar-refractivity contribution in [2.45, 2.75) is 0 Å². The molecule has 0 heterocycles. The summed E-state index contributed by atoms with van der Waals surface area (Å²) in [5.74, 6) is -0.000478. The predicted octanol–water partition coefficient (Wildman–Crippen LogP) is 1.31. The summed E-state index contributed by atoms with van der Waals surface area (Å²) in [4.78, 5) is 0. The van der Waals surface area contributed by atoms with Gasteiger partial charge >= 0.3 is 0 Å². The van der Waals surface area contributed by atoms with Gasteiger partial charge in [-0.3, -0.25) is 0 Å². The second-order valence-corrected chi connectivity index (χ2v) is 3.20. The van der Waals surface area contributed by atoms with Gasteiger partial charge in [-0.1, -0.05) is 11.6 Å². The zero-order valence-corrected chi connectivity index (χ0v) is 9.13. The minimum Gasteiger partial charge on any atom is -0.399 e. The quantitative estimate of drug-likeness (QED) is 0.318. The molecule has 0 fully saturated rings. The van der Waals surface area contributed by atoms with E-state index in [0.29, 0.717) is 16.3 Å². The number of nitrogens with zero attached hydrogens (tertiary/aromatic N) is 2. The number of benzene rings is 1. The van der Waals surface area contributed by atoms with E-state index >= 15 is 0 Å². The van der Waals surface area contributed by atoms with Gasteiger partial charge < -0.3 is 11.5 Å². The maximum atomic E-state index is 5.89. The fourth-order valence-electron chi connectivity index (χ4n) is 0.835. The average molecular weight is 246 g/mol. The van der Waals surface area contributed by atoms with Crippen LogP contribution in [0.4, 0.5) is 5.69 Å². The minimum atomic E-state index is -0.000478. The molecule has 0 bridgehead atoms. The standard InChI is InChI=1S/C8H9Cl2N5/c9-7-3-6(11)2-1-5(7)4-13-15-8(12)14-10/h1-4H,11H2,(H3,12,14,15). The molecule has 0 aromatic heterocycles. The number of guanidine groups is 1. The Morgan fingerprint density at radius 3 is 2.80 bits per heavy atom. The van der Waals surface area contributed by atoms with Crippen molar-refractivity contribution in [2.75, 3.05) is 5.73 Å². The maximum Gasteiger partial charge on any atom is 0.226 e. The van der Waals surface area contributed by atoms with Crippen LogP contribution in [0.3, 0.4) is 0 Å². The fourth-order valence-corrected chi connectivity index (χ4v) is 1.11. The van der Waals surface area contributed by atoms with Crippen LogP contribution in [-0.2, 0) is 0 Å². The van der Waals surface area contributed by atoms with E-state index in [4.69, 9.17) is 34.8 Å². The van der Waals surface area contributed by atoms with Crippen molar-refractivity contribution >= 4 is 41.2 Å². The van der Waals surface area contributed by atoms with Crippen molar-refractivity contribution in [2.24, 2.45) is 15.3 Å². The Morgan fingerprint density at radius 1 is 1.47 bits per heavy atom. The van der Waals surface area contributed by atoms with Crippen LogP contribution >= 0.6 is 23.4 Å². The van der Waals surface area contributed by atoms with Crippen LogP contribution in [0.15, 0.2) is 27.8 Å². The molecular weight excluding hydrogens is 237 g/mol. The van der Waals surface area contributed by atoms with Gasteiger partial charge in [0.15, 0.2) is 0 Å². The number of nitrogens with two attached hydrogens (primary N) is 2. The third-order valence-corrected chi connectivity index (χ3v) is 2.01. The summed E-state index contributed by atoms with van der Waals surface area (Å²) in [5.41, 5.74) is 14.5. The molecule has 0 radical (unpaired) electrons. The first-order valence-corrected chi connectivity index (χ1v) is 4.63. The van der Waals surface area contributed by atoms with Crippen molar-refractivity contribution < 1.29 is 0 Å². The lowest BCUT2D eigenvalue weighted by atomic mass is 10.2. The molecule has 0 aliphatic carbocycles. The van der Waals surface area contributed by atoms with Gasteiger partial charge in [0.2, 0.25) is 5.96 Å². The van der Waals surface area contributed by atoms with Crippen LogP contribution in [-0.4, -0.2) is 12.2 Å². The first kappa shape index (κ1) is 11.6. The number of anilines is 1. The first-order valence-electron chi connectivity index (χ1n) is 3.92. The zero-order chi connectivity index (χ0) is 11.3. The van der Waals surface area contributed by atoms with Gasteiger partial charge in [-0.05, 0) is 18.2 Å². The smallest absolute Gasteiger partial charge is 0.226 e. The topological polar surface area (TPSA) is 88.8 Å². The summed E-state index contributed by atoms with van der Waals surface area (Å²) in [6, 6.07) is 5.07. The molecule has 0 spiro atoms. The van der Waals surface area contributed by atoms with Crippen molar-refractivity contribution in [3.05, 3.63) is 28.8 Å². The molecule has 15 heavy (non-hydrogen) atoms. The Morgan fingerprint density at radius 2 is 2.20 bits per heavy atom. The van der Waals surface area contributed by atoms with Crippen molar-refractivity contribution in [1.29, 1.82) is 0 Å². The number of halogens is 2. The molecule has 7 heteroatoms. The minimum absolute atomic E-state index is 0.000478. The lowest BCUT2D eigenvalue weighted by Gasteiger charge is -1.99. The van der Waals surface area contributed by atoms with Crippen LogP contribution in [0.1, 0.15) is 5.56 Å². The number of nitrogens with one attached hydrogen (secondary N) is 1. The molecule has 0 aliphatic rings. The Bertz CT molecular complexity index is 402. The summed E-state index contributed by atoms with van der Waals surface area (Å²) < 4.78 is 3.15. The SMILES string of the molecule is NC(=NCl)NN=Cc1ccc(N)cc1Cl. The Balaban J connectivity index is 2.72. The number of hydrogen-bond donors (Lipinski definition) is 3. The van der Waals surface area contributed by atoms with Gasteiger partial charge in [0.25, 0.3) is 0 Å². The van der Waals surface area contributed by atoms with Crippen molar-refractivity contribution in [3.8, 4) is 0 Å². The molecule has 5 N–H and O–H groups in total. The molecule has 0 saturated heterocycles. The lowest BCUT2D eigenvalue weighted by Crippen LogP contribution is -2.26. The molecule has 0 saturated carbocycles. The van der Waals surface area contributed by atoms with Crippen LogP contribution in [0.2, 0.25) is 5.02 Å². The van der Waals surface area contributed by atoms with Gasteiger partial charge in [-0.2, -0.15) is 5.10 Å². The van der Waals surface area contributed by atoms with E-state index in [2.05, 4.69) is 15.0 Å². The van der Waals surface area contributed by atoms with Crippen LogP contribution in [0, 0.1) is 0 Å². The van der Waals surface area contributed by atoms with E-state index in [9.17, 15) is 0 Å². The van der Waals surface area contributed by atoms with E-state index in [1.54, 1.807) is 18.2 Å². The van der Waals surface area contributed by atoms with Gasteiger partial charge in [-0.25, -0.2) is 5.43 Å². The molecule has 0 atom stereocenters. The van der Waals surface area contributed by atoms with Crippen LogP contribution in [0.5, 0.6) is 0 Å². The van der Waals surface area contributed by atoms with Crippen molar-refractivity contribution in [1.82, 2.24) is 5.43 Å². The Labute approximate surface area is 96.9 Å². The summed E-state index contributed by atoms with van der Waals surface area (Å²) in [7, 11) is 0. The first-order chi connectivity index (χ1) is 7.13. The molecule has 80 valence electrons. The molecule has 1 rings (SSSR count). The van der Waals surface area contributed by atoms with E-state index in [1.165, 1.54) is 6.21 Å². The third kappa shape index (κ3) is 3.65. The van der Waals surface area contributed by atoms with Gasteiger partial charge in [0.05, 0.1) is 11.2 Å². The summed E-state index contributed by atoms with van der Waals surface area (Å²) in [5, 5.41) is 4.26. The molecule has 0 aliphatic heterocycles. The highest BCUT2D eigenvalue weighted by atomic mass is 35.5. The van der Waals surface area contributed by atoms with Gasteiger partial charge in [0.1, 0.15) is 0 Å². The number of nitrogen functional groups attached to an aromatic ring is 1. The predicted molar refractivity (Wildman–Crippen MR) is 64.1 cm³/mol. The van der Waals surface area contributed by atoms with Gasteiger partial charge in [-0.15, -0.1) is 4.51 Å². The van der Waals surface area contributed by atoms with Gasteiger partial charge in [0, 0.05) is 23.0 Å². The maximum absolute atomic E-state index is 5.89. The highest BCUT2D eigenvalue weighted by Gasteiger charge is 1.97.